The quantitative estimate of drug-likeness (QED) is 0.0201. The SMILES string of the molecule is C/C=C/C=C/C(=O)O.CC(O)Oc1ccccc1.CCCCCCCCOC(=O)c1ccccc1.COC(=O)c1ccc(O)cc1.O=C1O[C@H](CO)[C@@H](O)[C@H](O)[C@H]1O.OCCO.[NaH]. The van der Waals surface area contributed by atoms with E-state index in [0.717, 1.165) is 18.9 Å². The van der Waals surface area contributed by atoms with Crippen molar-refractivity contribution in [2.75, 3.05) is 33.5 Å². The molecule has 1 unspecified atom stereocenters. The third-order valence-electron chi connectivity index (χ3n) is 7.46. The van der Waals surface area contributed by atoms with E-state index in [2.05, 4.69) is 16.4 Å². The van der Waals surface area contributed by atoms with Crippen molar-refractivity contribution in [3.63, 3.8) is 0 Å². The van der Waals surface area contributed by atoms with Gasteiger partial charge in [-0.2, -0.15) is 0 Å². The molecular weight excluding hydrogens is 835 g/mol. The van der Waals surface area contributed by atoms with Gasteiger partial charge in [0.15, 0.2) is 18.5 Å². The molecule has 0 spiro atoms. The van der Waals surface area contributed by atoms with Crippen LogP contribution in [0.1, 0.15) is 80.0 Å². The number of aromatic hydroxyl groups is 1. The van der Waals surface area contributed by atoms with Crippen LogP contribution in [0, 0.1) is 0 Å². The average Bonchev–Trinajstić information content (AvgIpc) is 3.28. The van der Waals surface area contributed by atoms with E-state index in [1.165, 1.54) is 63.1 Å². The van der Waals surface area contributed by atoms with Gasteiger partial charge in [-0.1, -0.05) is 93.7 Å². The summed E-state index contributed by atoms with van der Waals surface area (Å²) in [6.07, 6.45) is 6.57. The number of carbonyl (C=O) groups is 4. The number of hydrogen-bond acceptors (Lipinski definition) is 16. The van der Waals surface area contributed by atoms with Gasteiger partial charge in [-0.05, 0) is 68.8 Å². The fourth-order valence-corrected chi connectivity index (χ4v) is 4.35. The Hall–Kier alpha value is -4.66. The normalized spacial score (nSPS) is 16.3. The van der Waals surface area contributed by atoms with Crippen molar-refractivity contribution in [1.82, 2.24) is 0 Å². The zero-order chi connectivity index (χ0) is 47.1. The summed E-state index contributed by atoms with van der Waals surface area (Å²) in [5, 5.41) is 76.4. The molecule has 3 aromatic rings. The molecule has 0 saturated carbocycles. The van der Waals surface area contributed by atoms with Crippen LogP contribution in [-0.4, -0.2) is 164 Å². The Labute approximate surface area is 391 Å². The molecule has 1 saturated heterocycles. The number of cyclic esters (lactones) is 1. The molecule has 0 radical (unpaired) electrons. The molecule has 17 nitrogen and oxygen atoms in total. The monoisotopic (exact) mass is 900 g/mol. The van der Waals surface area contributed by atoms with E-state index in [4.69, 9.17) is 55.4 Å². The number of ether oxygens (including phenoxy) is 4. The third kappa shape index (κ3) is 33.6. The number of rotatable bonds is 15. The number of esters is 3. The van der Waals surface area contributed by atoms with Crippen molar-refractivity contribution < 1.29 is 84.1 Å². The van der Waals surface area contributed by atoms with E-state index >= 15 is 0 Å². The molecule has 5 atom stereocenters. The van der Waals surface area contributed by atoms with Gasteiger partial charge in [0.2, 0.25) is 0 Å². The number of carboxylic acid groups (broad SMARTS) is 1. The first-order chi connectivity index (χ1) is 29.6. The number of methoxy groups -OCH3 is 1. The van der Waals surface area contributed by atoms with Gasteiger partial charge in [0, 0.05) is 6.08 Å². The molecule has 0 aromatic heterocycles. The van der Waals surface area contributed by atoms with Crippen molar-refractivity contribution in [2.24, 2.45) is 0 Å². The summed E-state index contributed by atoms with van der Waals surface area (Å²) < 4.78 is 19.0. The number of unbranched alkanes of at least 4 members (excludes halogenated alkanes) is 5. The second kappa shape index (κ2) is 41.4. The Morgan fingerprint density at radius 2 is 1.29 bits per heavy atom. The summed E-state index contributed by atoms with van der Waals surface area (Å²) in [6, 6.07) is 24.2. The van der Waals surface area contributed by atoms with Crippen LogP contribution in [0.2, 0.25) is 0 Å². The van der Waals surface area contributed by atoms with Crippen molar-refractivity contribution in [3.8, 4) is 11.5 Å². The van der Waals surface area contributed by atoms with Crippen molar-refractivity contribution in [2.45, 2.75) is 90.0 Å². The van der Waals surface area contributed by atoms with Gasteiger partial charge in [0.05, 0.1) is 44.7 Å². The average molecular weight is 901 g/mol. The van der Waals surface area contributed by atoms with E-state index in [-0.39, 0.29) is 54.5 Å². The fraction of sp³-hybridized carbons (Fsp3) is 0.422. The Bertz CT molecular complexity index is 1630. The maximum atomic E-state index is 11.6. The number of phenolic OH excluding ortho intramolecular Hbond substituents is 1. The van der Waals surface area contributed by atoms with Crippen molar-refractivity contribution in [1.29, 1.82) is 0 Å². The van der Waals surface area contributed by atoms with Crippen LogP contribution < -0.4 is 4.74 Å². The van der Waals surface area contributed by atoms with Gasteiger partial charge in [0.25, 0.3) is 0 Å². The van der Waals surface area contributed by atoms with Gasteiger partial charge in [-0.3, -0.25) is 0 Å². The maximum absolute atomic E-state index is 11.6. The number of aliphatic hydroxyl groups excluding tert-OH is 7. The molecule has 1 fully saturated rings. The summed E-state index contributed by atoms with van der Waals surface area (Å²) in [6.45, 7) is 5.32. The van der Waals surface area contributed by atoms with Gasteiger partial charge in [-0.25, -0.2) is 19.2 Å². The summed E-state index contributed by atoms with van der Waals surface area (Å²) >= 11 is 0. The Kier molecular flexibility index (Phi) is 41.1. The first-order valence-corrected chi connectivity index (χ1v) is 19.7. The molecule has 1 heterocycles. The molecule has 348 valence electrons. The van der Waals surface area contributed by atoms with E-state index in [0.29, 0.717) is 23.5 Å². The molecule has 1 aliphatic rings. The molecular formula is C45H65NaO17. The van der Waals surface area contributed by atoms with Gasteiger partial charge in [0.1, 0.15) is 23.7 Å². The predicted octanol–water partition coefficient (Wildman–Crippen LogP) is 3.30. The number of aliphatic carboxylic acids is 1. The molecule has 9 N–H and O–H groups in total. The fourth-order valence-electron chi connectivity index (χ4n) is 4.35. The standard InChI is InChI=1S/C15H22O2.C8H8O3.C8H10O2.C6H10O6.C6H8O2.C2H6O2.Na.H/c1-2-3-4-5-6-10-13-17-15(16)14-11-8-7-9-12-14;1-11-8(10)6-2-4-7(9)5-3-6;1-7(9)10-8-5-3-2-4-6-8;7-1-2-3(8)4(9)5(10)6(11)12-2;1-2-3-4-5-6(7)8;3-1-2-4;;/h7-9,11-12H,2-6,10,13H2,1H3;2-5,9H,1H3;2-7,9H,1H3;2-5,7-10H,1H2;2-5H,1H3,(H,7,8);3-4H,1-2H2;;/b;;;;3-2+,5-4+;;;/t;;;2-,3-,4+,5-;;;;/m...1..../s1. The number of phenols is 1. The van der Waals surface area contributed by atoms with Crippen LogP contribution in [0.4, 0.5) is 0 Å². The minimum atomic E-state index is -1.73. The number of hydrogen-bond donors (Lipinski definition) is 9. The van der Waals surface area contributed by atoms with Gasteiger partial charge >= 0.3 is 53.4 Å². The van der Waals surface area contributed by atoms with Crippen LogP contribution in [0.25, 0.3) is 0 Å². The topological polar surface area (TPSA) is 287 Å². The second-order valence-corrected chi connectivity index (χ2v) is 12.6. The van der Waals surface area contributed by atoms with Crippen molar-refractivity contribution >= 4 is 53.4 Å². The minimum absolute atomic E-state index is 0. The summed E-state index contributed by atoms with van der Waals surface area (Å²) in [4.78, 5) is 42.8. The molecule has 0 amide bonds. The molecule has 0 aliphatic carbocycles. The molecule has 18 heteroatoms. The Morgan fingerprint density at radius 3 is 1.76 bits per heavy atom. The van der Waals surface area contributed by atoms with E-state index in [1.807, 2.05) is 43.3 Å². The molecule has 0 bridgehead atoms. The van der Waals surface area contributed by atoms with Crippen molar-refractivity contribution in [3.05, 3.63) is 120 Å². The Balaban J connectivity index is -0.000000710. The summed E-state index contributed by atoms with van der Waals surface area (Å²) in [5.41, 5.74) is 1.07. The zero-order valence-electron chi connectivity index (χ0n) is 35.6. The van der Waals surface area contributed by atoms with Crippen LogP contribution in [-0.2, 0) is 23.8 Å². The van der Waals surface area contributed by atoms with Gasteiger partial charge in [-0.15, -0.1) is 0 Å². The number of para-hydroxylation sites is 1. The number of aliphatic hydroxyl groups is 7. The Morgan fingerprint density at radius 1 is 0.762 bits per heavy atom. The second-order valence-electron chi connectivity index (χ2n) is 12.6. The van der Waals surface area contributed by atoms with E-state index < -0.39 is 55.2 Å². The molecule has 63 heavy (non-hydrogen) atoms. The number of carbonyl (C=O) groups excluding carboxylic acids is 3. The van der Waals surface area contributed by atoms with Gasteiger partial charge < -0.3 is 64.9 Å². The first kappa shape index (κ1) is 62.6. The summed E-state index contributed by atoms with van der Waals surface area (Å²) in [5.74, 6) is -1.73. The van der Waals surface area contributed by atoms with E-state index in [9.17, 15) is 19.2 Å². The predicted molar refractivity (Wildman–Crippen MR) is 236 cm³/mol. The molecule has 4 rings (SSSR count). The first-order valence-electron chi connectivity index (χ1n) is 19.7. The molecule has 3 aromatic carbocycles. The van der Waals surface area contributed by atoms with Crippen LogP contribution in [0.15, 0.2) is 109 Å². The van der Waals surface area contributed by atoms with Crippen LogP contribution in [0.5, 0.6) is 11.5 Å². The van der Waals surface area contributed by atoms with Crippen LogP contribution >= 0.6 is 0 Å². The number of allylic oxidation sites excluding steroid dienone is 3. The van der Waals surface area contributed by atoms with Crippen LogP contribution in [0.3, 0.4) is 0 Å². The zero-order valence-corrected chi connectivity index (χ0v) is 35.6. The van der Waals surface area contributed by atoms with E-state index in [1.54, 1.807) is 43.3 Å². The number of benzene rings is 3. The summed E-state index contributed by atoms with van der Waals surface area (Å²) in [7, 11) is 1.31. The number of carboxylic acids is 1. The molecule has 1 aliphatic heterocycles. The third-order valence-corrected chi connectivity index (χ3v) is 7.46.